The number of esters is 2. The van der Waals surface area contributed by atoms with Crippen LogP contribution in [0.2, 0.25) is 0 Å². The highest BCUT2D eigenvalue weighted by atomic mass is 16.5. The summed E-state index contributed by atoms with van der Waals surface area (Å²) in [6.45, 7) is 0.256. The second kappa shape index (κ2) is 9.04. The maximum atomic E-state index is 11.6. The van der Waals surface area contributed by atoms with Crippen molar-refractivity contribution >= 4 is 18.0 Å². The molecule has 0 bridgehead atoms. The van der Waals surface area contributed by atoms with Crippen molar-refractivity contribution in [1.29, 1.82) is 5.26 Å². The second-order valence-electron chi connectivity index (χ2n) is 5.18. The molecule has 2 rings (SSSR count). The molecule has 0 atom stereocenters. The Morgan fingerprint density at radius 2 is 1.73 bits per heavy atom. The number of carbonyl (C=O) groups is 2. The molecule has 0 saturated heterocycles. The van der Waals surface area contributed by atoms with E-state index in [0.717, 1.165) is 5.56 Å². The van der Waals surface area contributed by atoms with Gasteiger partial charge in [-0.15, -0.1) is 0 Å². The van der Waals surface area contributed by atoms with Crippen molar-refractivity contribution in [1.82, 2.24) is 0 Å². The number of methoxy groups -OCH3 is 2. The van der Waals surface area contributed by atoms with E-state index in [1.54, 1.807) is 48.5 Å². The Balaban J connectivity index is 2.16. The Kier molecular flexibility index (Phi) is 6.52. The molecule has 0 heterocycles. The number of carbonyl (C=O) groups excluding carboxylic acids is 2. The van der Waals surface area contributed by atoms with Gasteiger partial charge in [-0.3, -0.25) is 0 Å². The molecule has 2 aromatic rings. The van der Waals surface area contributed by atoms with Crippen molar-refractivity contribution in [3.8, 4) is 11.8 Å². The molecule has 0 saturated carbocycles. The summed E-state index contributed by atoms with van der Waals surface area (Å²) < 4.78 is 15.0. The monoisotopic (exact) mass is 351 g/mol. The van der Waals surface area contributed by atoms with Gasteiger partial charge in [0.25, 0.3) is 0 Å². The van der Waals surface area contributed by atoms with Crippen LogP contribution in [-0.4, -0.2) is 26.2 Å². The first-order valence-corrected chi connectivity index (χ1v) is 7.68. The van der Waals surface area contributed by atoms with Crippen molar-refractivity contribution in [2.45, 2.75) is 6.61 Å². The van der Waals surface area contributed by atoms with E-state index in [0.29, 0.717) is 16.9 Å². The van der Waals surface area contributed by atoms with E-state index in [4.69, 9.17) is 10.00 Å². The van der Waals surface area contributed by atoms with Gasteiger partial charge in [0.15, 0.2) is 0 Å². The van der Waals surface area contributed by atoms with E-state index in [9.17, 15) is 9.59 Å². The Morgan fingerprint density at radius 3 is 2.35 bits per heavy atom. The van der Waals surface area contributed by atoms with Crippen molar-refractivity contribution in [3.63, 3.8) is 0 Å². The quantitative estimate of drug-likeness (QED) is 0.451. The summed E-state index contributed by atoms with van der Waals surface area (Å²) in [5.74, 6) is -0.596. The fraction of sp³-hybridized carbons (Fsp3) is 0.150. The third-order valence-electron chi connectivity index (χ3n) is 3.51. The highest BCUT2D eigenvalue weighted by molar-refractivity contribution is 5.98. The molecule has 6 heteroatoms. The highest BCUT2D eigenvalue weighted by Gasteiger charge is 2.11. The van der Waals surface area contributed by atoms with Crippen LogP contribution in [0.25, 0.3) is 6.08 Å². The molecule has 132 valence electrons. The third-order valence-corrected chi connectivity index (χ3v) is 3.51. The molecule has 0 spiro atoms. The SMILES string of the molecule is COC(=O)/C(C#N)=C/c1ccccc1OCc1ccc(C(=O)OC)cc1. The zero-order valence-electron chi connectivity index (χ0n) is 14.4. The summed E-state index contributed by atoms with van der Waals surface area (Å²) in [5.41, 5.74) is 1.77. The highest BCUT2D eigenvalue weighted by Crippen LogP contribution is 2.22. The predicted octanol–water partition coefficient (Wildman–Crippen LogP) is 3.13. The fourth-order valence-electron chi connectivity index (χ4n) is 2.15. The molecule has 26 heavy (non-hydrogen) atoms. The van der Waals surface area contributed by atoms with E-state index in [1.165, 1.54) is 20.3 Å². The lowest BCUT2D eigenvalue weighted by Crippen LogP contribution is -2.03. The Hall–Kier alpha value is -3.59. The minimum absolute atomic E-state index is 0.119. The van der Waals surface area contributed by atoms with Gasteiger partial charge in [-0.2, -0.15) is 5.26 Å². The topological polar surface area (TPSA) is 85.6 Å². The Morgan fingerprint density at radius 1 is 1.04 bits per heavy atom. The van der Waals surface area contributed by atoms with Gasteiger partial charge in [-0.1, -0.05) is 30.3 Å². The average molecular weight is 351 g/mol. The summed E-state index contributed by atoms with van der Waals surface area (Å²) in [5, 5.41) is 9.08. The third kappa shape index (κ3) is 4.71. The van der Waals surface area contributed by atoms with Crippen LogP contribution < -0.4 is 4.74 Å². The molecule has 0 aliphatic heterocycles. The van der Waals surface area contributed by atoms with E-state index in [2.05, 4.69) is 9.47 Å². The van der Waals surface area contributed by atoms with Gasteiger partial charge in [-0.05, 0) is 29.8 Å². The molecule has 6 nitrogen and oxygen atoms in total. The number of hydrogen-bond acceptors (Lipinski definition) is 6. The minimum Gasteiger partial charge on any atom is -0.488 e. The molecule has 0 aliphatic rings. The van der Waals surface area contributed by atoms with Gasteiger partial charge in [0.1, 0.15) is 24.0 Å². The van der Waals surface area contributed by atoms with Crippen LogP contribution in [0.4, 0.5) is 0 Å². The fourth-order valence-corrected chi connectivity index (χ4v) is 2.15. The maximum Gasteiger partial charge on any atom is 0.348 e. The normalized spacial score (nSPS) is 10.6. The van der Waals surface area contributed by atoms with Gasteiger partial charge >= 0.3 is 11.9 Å². The van der Waals surface area contributed by atoms with Crippen molar-refractivity contribution in [2.75, 3.05) is 14.2 Å². The van der Waals surface area contributed by atoms with E-state index in [1.807, 2.05) is 6.07 Å². The number of rotatable bonds is 6. The van der Waals surface area contributed by atoms with Crippen LogP contribution >= 0.6 is 0 Å². The van der Waals surface area contributed by atoms with Gasteiger partial charge in [-0.25, -0.2) is 9.59 Å². The summed E-state index contributed by atoms with van der Waals surface area (Å²) in [6, 6.07) is 15.7. The van der Waals surface area contributed by atoms with Crippen molar-refractivity contribution in [3.05, 3.63) is 70.8 Å². The standard InChI is InChI=1S/C20H17NO5/c1-24-19(22)15-9-7-14(8-10-15)13-26-18-6-4-3-5-16(18)11-17(12-21)20(23)25-2/h3-11H,13H2,1-2H3/b17-11+. The molecule has 0 aromatic heterocycles. The number of hydrogen-bond donors (Lipinski definition) is 0. The van der Waals surface area contributed by atoms with Gasteiger partial charge in [0, 0.05) is 5.56 Å². The predicted molar refractivity (Wildman–Crippen MR) is 94.2 cm³/mol. The number of ether oxygens (including phenoxy) is 3. The molecular weight excluding hydrogens is 334 g/mol. The number of nitriles is 1. The molecule has 0 amide bonds. The van der Waals surface area contributed by atoms with Crippen LogP contribution in [0.5, 0.6) is 5.75 Å². The molecule has 2 aromatic carbocycles. The first-order chi connectivity index (χ1) is 12.6. The van der Waals surface area contributed by atoms with E-state index in [-0.39, 0.29) is 12.2 Å². The van der Waals surface area contributed by atoms with Gasteiger partial charge in [0.05, 0.1) is 19.8 Å². The summed E-state index contributed by atoms with van der Waals surface area (Å²) in [4.78, 5) is 23.0. The molecule has 0 unspecified atom stereocenters. The lowest BCUT2D eigenvalue weighted by atomic mass is 10.1. The summed E-state index contributed by atoms with van der Waals surface area (Å²) in [6.07, 6.45) is 1.42. The lowest BCUT2D eigenvalue weighted by Gasteiger charge is -2.10. The van der Waals surface area contributed by atoms with E-state index < -0.39 is 11.9 Å². The van der Waals surface area contributed by atoms with Crippen LogP contribution in [0.15, 0.2) is 54.1 Å². The molecule has 0 aliphatic carbocycles. The smallest absolute Gasteiger partial charge is 0.348 e. The number of benzene rings is 2. The molecule has 0 radical (unpaired) electrons. The maximum absolute atomic E-state index is 11.6. The first kappa shape index (κ1) is 18.7. The van der Waals surface area contributed by atoms with Crippen LogP contribution in [0.3, 0.4) is 0 Å². The Labute approximate surface area is 151 Å². The largest absolute Gasteiger partial charge is 0.488 e. The molecule has 0 fully saturated rings. The van der Waals surface area contributed by atoms with Gasteiger partial charge < -0.3 is 14.2 Å². The van der Waals surface area contributed by atoms with Crippen LogP contribution in [0, 0.1) is 11.3 Å². The van der Waals surface area contributed by atoms with Crippen LogP contribution in [0.1, 0.15) is 21.5 Å². The van der Waals surface area contributed by atoms with Gasteiger partial charge in [0.2, 0.25) is 0 Å². The van der Waals surface area contributed by atoms with Crippen LogP contribution in [-0.2, 0) is 20.9 Å². The molecular formula is C20H17NO5. The minimum atomic E-state index is -0.708. The second-order valence-corrected chi connectivity index (χ2v) is 5.18. The zero-order valence-corrected chi connectivity index (χ0v) is 14.4. The molecule has 0 N–H and O–H groups in total. The Bertz CT molecular complexity index is 863. The zero-order chi connectivity index (χ0) is 18.9. The average Bonchev–Trinajstić information content (AvgIpc) is 2.70. The lowest BCUT2D eigenvalue weighted by molar-refractivity contribution is -0.135. The number of para-hydroxylation sites is 1. The van der Waals surface area contributed by atoms with Crippen molar-refractivity contribution < 1.29 is 23.8 Å². The summed E-state index contributed by atoms with van der Waals surface area (Å²) in [7, 11) is 2.54. The van der Waals surface area contributed by atoms with Crippen molar-refractivity contribution in [2.24, 2.45) is 0 Å². The summed E-state index contributed by atoms with van der Waals surface area (Å²) >= 11 is 0. The first-order valence-electron chi connectivity index (χ1n) is 7.68. The van der Waals surface area contributed by atoms with E-state index >= 15 is 0 Å². The number of nitrogens with zero attached hydrogens (tertiary/aromatic N) is 1.